The Balaban J connectivity index is 1.61. The number of hydrogen-bond donors (Lipinski definition) is 4. The Labute approximate surface area is 212 Å². The van der Waals surface area contributed by atoms with Gasteiger partial charge in [0.2, 0.25) is 11.9 Å². The SMILES string of the molecule is NCCCN(CCCN)Cc1ccc(-c2cnc(NC(=O)Cc3ccc(C(F)(F)F)cc3)[nH]c2=O)cc1. The maximum absolute atomic E-state index is 12.7. The van der Waals surface area contributed by atoms with Crippen molar-refractivity contribution in [1.82, 2.24) is 14.9 Å². The van der Waals surface area contributed by atoms with Crippen LogP contribution in [0.1, 0.15) is 29.5 Å². The summed E-state index contributed by atoms with van der Waals surface area (Å²) >= 11 is 0. The van der Waals surface area contributed by atoms with E-state index in [0.717, 1.165) is 50.2 Å². The van der Waals surface area contributed by atoms with Crippen LogP contribution >= 0.6 is 0 Å². The van der Waals surface area contributed by atoms with E-state index in [4.69, 9.17) is 11.5 Å². The third kappa shape index (κ3) is 8.52. The van der Waals surface area contributed by atoms with Crippen LogP contribution in [0.3, 0.4) is 0 Å². The van der Waals surface area contributed by atoms with Gasteiger partial charge < -0.3 is 11.5 Å². The molecule has 0 aliphatic carbocycles. The number of nitrogens with zero attached hydrogens (tertiary/aromatic N) is 2. The van der Waals surface area contributed by atoms with Gasteiger partial charge in [0.1, 0.15) is 0 Å². The molecule has 0 spiro atoms. The summed E-state index contributed by atoms with van der Waals surface area (Å²) in [7, 11) is 0. The topological polar surface area (TPSA) is 130 Å². The highest BCUT2D eigenvalue weighted by Gasteiger charge is 2.30. The smallest absolute Gasteiger partial charge is 0.330 e. The van der Waals surface area contributed by atoms with Crippen molar-refractivity contribution in [3.63, 3.8) is 0 Å². The molecule has 0 aliphatic rings. The van der Waals surface area contributed by atoms with E-state index in [1.165, 1.54) is 18.3 Å². The Morgan fingerprint density at radius 2 is 1.54 bits per heavy atom. The van der Waals surface area contributed by atoms with E-state index in [9.17, 15) is 22.8 Å². The number of anilines is 1. The van der Waals surface area contributed by atoms with E-state index < -0.39 is 23.2 Å². The summed E-state index contributed by atoms with van der Waals surface area (Å²) in [5.41, 5.74) is 12.6. The zero-order chi connectivity index (χ0) is 26.8. The van der Waals surface area contributed by atoms with E-state index >= 15 is 0 Å². The lowest BCUT2D eigenvalue weighted by molar-refractivity contribution is -0.137. The summed E-state index contributed by atoms with van der Waals surface area (Å²) in [6.07, 6.45) is -1.44. The third-order valence-electron chi connectivity index (χ3n) is 5.73. The fourth-order valence-electron chi connectivity index (χ4n) is 3.78. The highest BCUT2D eigenvalue weighted by Crippen LogP contribution is 2.29. The number of carbonyl (C=O) groups is 1. The minimum Gasteiger partial charge on any atom is -0.330 e. The predicted molar refractivity (Wildman–Crippen MR) is 137 cm³/mol. The molecule has 0 bridgehead atoms. The first-order valence-electron chi connectivity index (χ1n) is 12.0. The molecule has 0 saturated carbocycles. The normalized spacial score (nSPS) is 11.6. The lowest BCUT2D eigenvalue weighted by atomic mass is 10.1. The molecule has 2 aromatic carbocycles. The Morgan fingerprint density at radius 1 is 0.946 bits per heavy atom. The van der Waals surface area contributed by atoms with E-state index in [0.29, 0.717) is 29.8 Å². The molecule has 0 unspecified atom stereocenters. The number of amides is 1. The third-order valence-corrected chi connectivity index (χ3v) is 5.73. The van der Waals surface area contributed by atoms with Crippen LogP contribution in [0.4, 0.5) is 19.1 Å². The van der Waals surface area contributed by atoms with Gasteiger partial charge in [-0.25, -0.2) is 4.98 Å². The van der Waals surface area contributed by atoms with Crippen molar-refractivity contribution in [1.29, 1.82) is 0 Å². The molecule has 0 atom stereocenters. The predicted octanol–water partition coefficient (Wildman–Crippen LogP) is 3.14. The number of nitrogens with two attached hydrogens (primary N) is 2. The minimum atomic E-state index is -4.44. The average Bonchev–Trinajstić information content (AvgIpc) is 2.86. The molecule has 0 aliphatic heterocycles. The maximum Gasteiger partial charge on any atom is 0.416 e. The molecule has 11 heteroatoms. The quantitative estimate of drug-likeness (QED) is 0.293. The Morgan fingerprint density at radius 3 is 2.08 bits per heavy atom. The van der Waals surface area contributed by atoms with Gasteiger partial charge in [0.25, 0.3) is 5.56 Å². The van der Waals surface area contributed by atoms with Crippen LogP contribution in [-0.4, -0.2) is 47.0 Å². The average molecular weight is 517 g/mol. The van der Waals surface area contributed by atoms with Crippen molar-refractivity contribution < 1.29 is 18.0 Å². The summed E-state index contributed by atoms with van der Waals surface area (Å²) < 4.78 is 38.0. The number of carbonyl (C=O) groups excluding carboxylic acids is 1. The summed E-state index contributed by atoms with van der Waals surface area (Å²) in [5, 5.41) is 2.47. The number of halogens is 3. The van der Waals surface area contributed by atoms with Crippen LogP contribution in [0.2, 0.25) is 0 Å². The van der Waals surface area contributed by atoms with Crippen LogP contribution in [0.5, 0.6) is 0 Å². The van der Waals surface area contributed by atoms with E-state index in [-0.39, 0.29) is 12.4 Å². The first kappa shape index (κ1) is 28.0. The first-order valence-corrected chi connectivity index (χ1v) is 12.0. The highest BCUT2D eigenvalue weighted by atomic mass is 19.4. The van der Waals surface area contributed by atoms with Crippen molar-refractivity contribution >= 4 is 11.9 Å². The molecule has 0 radical (unpaired) electrons. The Bertz CT molecular complexity index is 1200. The summed E-state index contributed by atoms with van der Waals surface area (Å²) in [6.45, 7) is 3.76. The monoisotopic (exact) mass is 516 g/mol. The number of aromatic nitrogens is 2. The zero-order valence-electron chi connectivity index (χ0n) is 20.4. The molecule has 6 N–H and O–H groups in total. The molecular weight excluding hydrogens is 485 g/mol. The lowest BCUT2D eigenvalue weighted by Gasteiger charge is -2.22. The number of H-pyrrole nitrogens is 1. The molecule has 0 saturated heterocycles. The summed E-state index contributed by atoms with van der Waals surface area (Å²) in [4.78, 5) is 33.8. The molecule has 0 fully saturated rings. The molecule has 1 aromatic heterocycles. The molecule has 198 valence electrons. The van der Waals surface area contributed by atoms with Crippen molar-refractivity contribution in [2.24, 2.45) is 11.5 Å². The van der Waals surface area contributed by atoms with Crippen molar-refractivity contribution in [3.05, 3.63) is 81.8 Å². The van der Waals surface area contributed by atoms with E-state index in [2.05, 4.69) is 20.2 Å². The van der Waals surface area contributed by atoms with Crippen LogP contribution in [0.25, 0.3) is 11.1 Å². The van der Waals surface area contributed by atoms with Gasteiger partial charge in [-0.3, -0.25) is 24.8 Å². The number of alkyl halides is 3. The summed E-state index contributed by atoms with van der Waals surface area (Å²) in [6, 6.07) is 11.9. The number of rotatable bonds is 12. The van der Waals surface area contributed by atoms with Crippen molar-refractivity contribution in [2.45, 2.75) is 32.0 Å². The maximum atomic E-state index is 12.7. The van der Waals surface area contributed by atoms with Gasteiger partial charge in [-0.05, 0) is 67.8 Å². The van der Waals surface area contributed by atoms with E-state index in [1.807, 2.05) is 24.3 Å². The van der Waals surface area contributed by atoms with Crippen molar-refractivity contribution in [3.8, 4) is 11.1 Å². The fourth-order valence-corrected chi connectivity index (χ4v) is 3.78. The zero-order valence-corrected chi connectivity index (χ0v) is 20.4. The fraction of sp³-hybridized carbons (Fsp3) is 0.346. The second kappa shape index (κ2) is 13.1. The lowest BCUT2D eigenvalue weighted by Crippen LogP contribution is -2.28. The molecular formula is C26H31F3N6O2. The molecule has 3 aromatic rings. The number of aromatic amines is 1. The molecule has 3 rings (SSSR count). The van der Waals surface area contributed by atoms with Gasteiger partial charge >= 0.3 is 6.18 Å². The van der Waals surface area contributed by atoms with Gasteiger partial charge in [0.15, 0.2) is 0 Å². The van der Waals surface area contributed by atoms with Crippen LogP contribution < -0.4 is 22.3 Å². The summed E-state index contributed by atoms with van der Waals surface area (Å²) in [5.74, 6) is -0.563. The molecule has 1 amide bonds. The number of hydrogen-bond acceptors (Lipinski definition) is 6. The Kier molecular flexibility index (Phi) is 9.95. The standard InChI is InChI=1S/C26H31F3N6O2/c27-26(28,29)21-9-5-18(6-10-21)15-23(36)33-25-32-16-22(24(37)34-25)20-7-3-19(4-8-20)17-35(13-1-11-30)14-2-12-31/h3-10,16H,1-2,11-15,17,30-31H2,(H2,32,33,34,36,37). The second-order valence-electron chi connectivity index (χ2n) is 8.65. The van der Waals surface area contributed by atoms with Gasteiger partial charge in [-0.2, -0.15) is 13.2 Å². The van der Waals surface area contributed by atoms with Crippen LogP contribution in [0, 0.1) is 0 Å². The molecule has 8 nitrogen and oxygen atoms in total. The van der Waals surface area contributed by atoms with Gasteiger partial charge in [-0.1, -0.05) is 36.4 Å². The van der Waals surface area contributed by atoms with Crippen LogP contribution in [-0.2, 0) is 23.9 Å². The van der Waals surface area contributed by atoms with Crippen molar-refractivity contribution in [2.75, 3.05) is 31.5 Å². The largest absolute Gasteiger partial charge is 0.416 e. The van der Waals surface area contributed by atoms with E-state index in [1.54, 1.807) is 0 Å². The first-order chi connectivity index (χ1) is 17.7. The second-order valence-corrected chi connectivity index (χ2v) is 8.65. The van der Waals surface area contributed by atoms with Crippen LogP contribution in [0.15, 0.2) is 59.5 Å². The Hall–Kier alpha value is -3.54. The van der Waals surface area contributed by atoms with Gasteiger partial charge in [-0.15, -0.1) is 0 Å². The van der Waals surface area contributed by atoms with Gasteiger partial charge in [0.05, 0.1) is 17.5 Å². The number of nitrogens with one attached hydrogen (secondary N) is 2. The number of benzene rings is 2. The van der Waals surface area contributed by atoms with Gasteiger partial charge in [0, 0.05) is 12.7 Å². The minimum absolute atomic E-state index is 0.0438. The molecule has 37 heavy (non-hydrogen) atoms. The highest BCUT2D eigenvalue weighted by molar-refractivity contribution is 5.90. The molecule has 1 heterocycles.